The van der Waals surface area contributed by atoms with Gasteiger partial charge in [0.15, 0.2) is 29.8 Å². The predicted octanol–water partition coefficient (Wildman–Crippen LogP) is 0.425. The maximum atomic E-state index is 12.9. The summed E-state index contributed by atoms with van der Waals surface area (Å²) in [5.74, 6) is -2.85. The molecule has 0 fully saturated rings. The first kappa shape index (κ1) is 20.5. The van der Waals surface area contributed by atoms with E-state index < -0.39 is 53.9 Å². The molecule has 4 atom stereocenters. The Morgan fingerprint density at radius 3 is 2.32 bits per heavy atom. The first-order valence-corrected chi connectivity index (χ1v) is 9.37. The van der Waals surface area contributed by atoms with Gasteiger partial charge in [-0.25, -0.2) is 0 Å². The monoisotopic (exact) mass is 433 g/mol. The molecule has 0 saturated heterocycles. The van der Waals surface area contributed by atoms with Crippen molar-refractivity contribution in [3.05, 3.63) is 23.3 Å². The van der Waals surface area contributed by atoms with E-state index in [9.17, 15) is 24.3 Å². The summed E-state index contributed by atoms with van der Waals surface area (Å²) in [7, 11) is 0. The van der Waals surface area contributed by atoms with Crippen molar-refractivity contribution in [3.63, 3.8) is 0 Å². The fourth-order valence-electron chi connectivity index (χ4n) is 3.99. The third-order valence-electron chi connectivity index (χ3n) is 5.02. The van der Waals surface area contributed by atoms with Crippen LogP contribution in [0, 0.1) is 0 Å². The van der Waals surface area contributed by atoms with E-state index in [1.807, 2.05) is 0 Å². The molecule has 2 aliphatic heterocycles. The van der Waals surface area contributed by atoms with E-state index >= 15 is 0 Å². The van der Waals surface area contributed by atoms with E-state index in [2.05, 4.69) is 5.32 Å². The van der Waals surface area contributed by atoms with Crippen LogP contribution in [0.25, 0.3) is 5.57 Å². The van der Waals surface area contributed by atoms with E-state index in [0.717, 1.165) is 13.8 Å². The number of benzene rings is 1. The summed E-state index contributed by atoms with van der Waals surface area (Å²) < 4.78 is 26.6. The van der Waals surface area contributed by atoms with Gasteiger partial charge in [-0.05, 0) is 17.7 Å². The quantitative estimate of drug-likeness (QED) is 0.508. The second-order valence-electron chi connectivity index (χ2n) is 7.18. The van der Waals surface area contributed by atoms with E-state index in [4.69, 9.17) is 23.7 Å². The number of fused-ring (bicyclic) bond motifs is 4. The van der Waals surface area contributed by atoms with Crippen LogP contribution in [0.1, 0.15) is 36.7 Å². The van der Waals surface area contributed by atoms with E-state index in [1.165, 1.54) is 19.1 Å². The fourth-order valence-corrected chi connectivity index (χ4v) is 3.99. The highest BCUT2D eigenvalue weighted by Crippen LogP contribution is 2.49. The minimum atomic E-state index is -1.21. The number of ether oxygens (including phenoxy) is 5. The number of carbonyl (C=O) groups is 4. The van der Waals surface area contributed by atoms with Crippen LogP contribution in [0.4, 0.5) is 0 Å². The van der Waals surface area contributed by atoms with Crippen LogP contribution < -0.4 is 14.8 Å². The summed E-state index contributed by atoms with van der Waals surface area (Å²) in [5, 5.41) is 13.2. The van der Waals surface area contributed by atoms with Gasteiger partial charge in [-0.15, -0.1) is 0 Å². The Kier molecular flexibility index (Phi) is 4.96. The van der Waals surface area contributed by atoms with Crippen molar-refractivity contribution in [2.75, 3.05) is 6.79 Å². The summed E-state index contributed by atoms with van der Waals surface area (Å²) >= 11 is 0. The van der Waals surface area contributed by atoms with Gasteiger partial charge in [-0.2, -0.15) is 0 Å². The number of rotatable bonds is 3. The summed E-state index contributed by atoms with van der Waals surface area (Å²) in [6.45, 7) is 3.36. The number of phenols is 1. The van der Waals surface area contributed by atoms with Crippen LogP contribution in [0.5, 0.6) is 17.2 Å². The highest BCUT2D eigenvalue weighted by atomic mass is 16.7. The molecular formula is C20H19NO10. The summed E-state index contributed by atoms with van der Waals surface area (Å²) in [5.41, 5.74) is 0.607. The molecule has 1 aromatic carbocycles. The molecular weight excluding hydrogens is 414 g/mol. The first-order valence-electron chi connectivity index (χ1n) is 9.37. The second kappa shape index (κ2) is 7.49. The molecule has 0 saturated carbocycles. The minimum absolute atomic E-state index is 0.0367. The standard InChI is InChI=1S/C20H19NO10/c1-7(22)29-13-5-11-10-4-12-17(28-6-27-12)16(25)14(10)20(26)21-15(11)19(31-9(3)24)18(13)30-8(2)23/h4-5,13,15,18-19,25H,6H2,1-3H3,(H,21,26)/t13-,15+,18+,19-/m0/s1. The molecule has 164 valence electrons. The van der Waals surface area contributed by atoms with Crippen molar-refractivity contribution in [2.45, 2.75) is 45.1 Å². The lowest BCUT2D eigenvalue weighted by Crippen LogP contribution is -2.60. The first-order chi connectivity index (χ1) is 14.7. The second-order valence-corrected chi connectivity index (χ2v) is 7.18. The Morgan fingerprint density at radius 2 is 1.68 bits per heavy atom. The van der Waals surface area contributed by atoms with Gasteiger partial charge >= 0.3 is 17.9 Å². The number of hydrogen-bond acceptors (Lipinski definition) is 10. The van der Waals surface area contributed by atoms with Gasteiger partial charge in [-0.1, -0.05) is 0 Å². The number of nitrogens with one attached hydrogen (secondary N) is 1. The van der Waals surface area contributed by atoms with Gasteiger partial charge in [0.2, 0.25) is 12.5 Å². The van der Waals surface area contributed by atoms with Crippen LogP contribution in [-0.2, 0) is 28.6 Å². The molecule has 1 amide bonds. The number of phenolic OH excluding ortho intramolecular Hbond substituents is 1. The highest BCUT2D eigenvalue weighted by molar-refractivity contribution is 6.07. The molecule has 0 unspecified atom stereocenters. The highest BCUT2D eigenvalue weighted by Gasteiger charge is 2.50. The fraction of sp³-hybridized carbons (Fsp3) is 0.400. The zero-order valence-corrected chi connectivity index (χ0v) is 16.8. The van der Waals surface area contributed by atoms with Gasteiger partial charge in [0, 0.05) is 26.3 Å². The van der Waals surface area contributed by atoms with Crippen molar-refractivity contribution in [3.8, 4) is 17.2 Å². The Labute approximate surface area is 175 Å². The van der Waals surface area contributed by atoms with Crippen LogP contribution in [0.2, 0.25) is 0 Å². The zero-order valence-electron chi connectivity index (χ0n) is 16.8. The van der Waals surface area contributed by atoms with Crippen molar-refractivity contribution < 1.29 is 48.0 Å². The molecule has 0 spiro atoms. The molecule has 31 heavy (non-hydrogen) atoms. The van der Waals surface area contributed by atoms with Crippen molar-refractivity contribution in [1.82, 2.24) is 5.32 Å². The number of hydrogen-bond donors (Lipinski definition) is 2. The molecule has 2 N–H and O–H groups in total. The number of carbonyl (C=O) groups excluding carboxylic acids is 4. The predicted molar refractivity (Wildman–Crippen MR) is 100 cm³/mol. The Bertz CT molecular complexity index is 1030. The summed E-state index contributed by atoms with van der Waals surface area (Å²) in [6.07, 6.45) is -2.04. The Morgan fingerprint density at radius 1 is 1.03 bits per heavy atom. The molecule has 3 aliphatic rings. The van der Waals surface area contributed by atoms with E-state index in [1.54, 1.807) is 0 Å². The van der Waals surface area contributed by atoms with Crippen LogP contribution in [0.15, 0.2) is 12.1 Å². The van der Waals surface area contributed by atoms with Crippen LogP contribution >= 0.6 is 0 Å². The maximum absolute atomic E-state index is 12.9. The minimum Gasteiger partial charge on any atom is -0.504 e. The molecule has 4 rings (SSSR count). The van der Waals surface area contributed by atoms with Crippen LogP contribution in [0.3, 0.4) is 0 Å². The van der Waals surface area contributed by atoms with Gasteiger partial charge in [0.05, 0.1) is 11.6 Å². The van der Waals surface area contributed by atoms with E-state index in [0.29, 0.717) is 5.57 Å². The maximum Gasteiger partial charge on any atom is 0.303 e. The third-order valence-corrected chi connectivity index (χ3v) is 5.02. The van der Waals surface area contributed by atoms with Gasteiger partial charge in [0.1, 0.15) is 0 Å². The van der Waals surface area contributed by atoms with Gasteiger partial charge in [-0.3, -0.25) is 19.2 Å². The average Bonchev–Trinajstić information content (AvgIpc) is 3.13. The van der Waals surface area contributed by atoms with Crippen LogP contribution in [-0.4, -0.2) is 60.1 Å². The number of aromatic hydroxyl groups is 1. The molecule has 11 heteroatoms. The normalized spacial score (nSPS) is 25.4. The van der Waals surface area contributed by atoms with Crippen molar-refractivity contribution in [1.29, 1.82) is 0 Å². The molecule has 0 bridgehead atoms. The third kappa shape index (κ3) is 3.51. The smallest absolute Gasteiger partial charge is 0.303 e. The lowest BCUT2D eigenvalue weighted by atomic mass is 9.79. The molecule has 0 radical (unpaired) electrons. The SMILES string of the molecule is CC(=O)O[C@@H]1[C@H](OC(C)=O)[C@@H](OC(C)=O)C=C2c3cc4c(c(O)c3C(=O)N[C@H]21)OCO4. The summed E-state index contributed by atoms with van der Waals surface area (Å²) in [6, 6.07) is 0.566. The van der Waals surface area contributed by atoms with E-state index in [-0.39, 0.29) is 29.4 Å². The largest absolute Gasteiger partial charge is 0.504 e. The number of amides is 1. The molecule has 11 nitrogen and oxygen atoms in total. The molecule has 2 heterocycles. The molecule has 1 aliphatic carbocycles. The average molecular weight is 433 g/mol. The van der Waals surface area contributed by atoms with Gasteiger partial charge in [0.25, 0.3) is 5.91 Å². The molecule has 1 aromatic rings. The zero-order chi connectivity index (χ0) is 22.4. The Hall–Kier alpha value is -3.76. The topological polar surface area (TPSA) is 147 Å². The van der Waals surface area contributed by atoms with Crippen molar-refractivity contribution >= 4 is 29.4 Å². The van der Waals surface area contributed by atoms with Crippen molar-refractivity contribution in [2.24, 2.45) is 0 Å². The van der Waals surface area contributed by atoms with Gasteiger partial charge < -0.3 is 34.1 Å². The summed E-state index contributed by atoms with van der Waals surface area (Å²) in [4.78, 5) is 48.0. The lowest BCUT2D eigenvalue weighted by Gasteiger charge is -2.42. The Balaban J connectivity index is 1.90. The molecule has 0 aromatic heterocycles. The number of esters is 3. The lowest BCUT2D eigenvalue weighted by molar-refractivity contribution is -0.181.